The second kappa shape index (κ2) is 20.9. The van der Waals surface area contributed by atoms with Crippen LogP contribution in [0.4, 0.5) is 0 Å². The molecule has 0 aliphatic rings. The Balaban J connectivity index is 1.54. The highest BCUT2D eigenvalue weighted by molar-refractivity contribution is 7.99. The molecule has 196 valence electrons. The zero-order chi connectivity index (χ0) is 24.8. The van der Waals surface area contributed by atoms with E-state index < -0.39 is 0 Å². The Morgan fingerprint density at radius 1 is 0.371 bits per heavy atom. The van der Waals surface area contributed by atoms with Gasteiger partial charge in [0.25, 0.3) is 0 Å². The molecule has 0 unspecified atom stereocenters. The van der Waals surface area contributed by atoms with Crippen molar-refractivity contribution in [1.82, 2.24) is 0 Å². The van der Waals surface area contributed by atoms with E-state index in [-0.39, 0.29) is 0 Å². The van der Waals surface area contributed by atoms with Crippen molar-refractivity contribution in [3.63, 3.8) is 0 Å². The van der Waals surface area contributed by atoms with Gasteiger partial charge in [-0.05, 0) is 61.1 Å². The van der Waals surface area contributed by atoms with E-state index in [0.717, 1.165) is 0 Å². The van der Waals surface area contributed by atoms with Crippen molar-refractivity contribution in [2.24, 2.45) is 0 Å². The van der Waals surface area contributed by atoms with Crippen molar-refractivity contribution in [3.05, 3.63) is 59.7 Å². The van der Waals surface area contributed by atoms with Gasteiger partial charge in [0.2, 0.25) is 0 Å². The first-order chi connectivity index (χ1) is 17.3. The maximum Gasteiger partial charge on any atom is 0.0122 e. The lowest BCUT2D eigenvalue weighted by molar-refractivity contribution is 0.565. The average molecular weight is 495 g/mol. The first-order valence-electron chi connectivity index (χ1n) is 15.2. The lowest BCUT2D eigenvalue weighted by Crippen LogP contribution is -1.87. The molecule has 0 atom stereocenters. The van der Waals surface area contributed by atoms with Gasteiger partial charge in [-0.2, -0.15) is 0 Å². The number of aryl methyl sites for hydroxylation is 2. The van der Waals surface area contributed by atoms with Crippen LogP contribution in [0.2, 0.25) is 0 Å². The monoisotopic (exact) mass is 494 g/mol. The molecule has 0 saturated heterocycles. The minimum absolute atomic E-state index is 1.23. The van der Waals surface area contributed by atoms with Gasteiger partial charge >= 0.3 is 0 Å². The van der Waals surface area contributed by atoms with Crippen LogP contribution in [0.15, 0.2) is 58.3 Å². The second-order valence-corrected chi connectivity index (χ2v) is 11.7. The second-order valence-electron chi connectivity index (χ2n) is 10.5. The van der Waals surface area contributed by atoms with Crippen molar-refractivity contribution >= 4 is 11.8 Å². The largest absolute Gasteiger partial charge is 0.0901 e. The summed E-state index contributed by atoms with van der Waals surface area (Å²) < 4.78 is 0. The van der Waals surface area contributed by atoms with Crippen molar-refractivity contribution in [2.75, 3.05) is 0 Å². The Kier molecular flexibility index (Phi) is 18.0. The highest BCUT2D eigenvalue weighted by Crippen LogP contribution is 2.28. The Hall–Kier alpha value is -1.21. The van der Waals surface area contributed by atoms with E-state index in [1.807, 2.05) is 11.8 Å². The van der Waals surface area contributed by atoms with E-state index in [1.165, 1.54) is 149 Å². The zero-order valence-corrected chi connectivity index (χ0v) is 24.0. The van der Waals surface area contributed by atoms with E-state index in [4.69, 9.17) is 0 Å². The first kappa shape index (κ1) is 30.0. The predicted octanol–water partition coefficient (Wildman–Crippen LogP) is 12.0. The summed E-state index contributed by atoms with van der Waals surface area (Å²) in [6, 6.07) is 18.6. The summed E-state index contributed by atoms with van der Waals surface area (Å²) in [4.78, 5) is 2.71. The van der Waals surface area contributed by atoms with Crippen LogP contribution in [0.25, 0.3) is 0 Å². The number of unbranched alkanes of at least 4 members (excludes halogenated alkanes) is 16. The van der Waals surface area contributed by atoms with Crippen LogP contribution in [0.3, 0.4) is 0 Å². The molecule has 1 heteroatoms. The fourth-order valence-corrected chi connectivity index (χ4v) is 5.68. The van der Waals surface area contributed by atoms with Crippen LogP contribution < -0.4 is 0 Å². The van der Waals surface area contributed by atoms with E-state index in [9.17, 15) is 0 Å². The lowest BCUT2D eigenvalue weighted by atomic mass is 10.0. The molecule has 0 aromatic heterocycles. The molecule has 0 N–H and O–H groups in total. The van der Waals surface area contributed by atoms with Crippen LogP contribution in [0, 0.1) is 0 Å². The molecule has 0 heterocycles. The standard InChI is InChI=1S/C34H54S/c1-3-5-7-9-11-13-15-17-19-21-31-23-27-33(28-24-31)35-34-29-25-32(26-30-34)22-20-18-16-14-12-10-8-6-4-2/h23-30H,3-22H2,1-2H3. The van der Waals surface area contributed by atoms with Crippen molar-refractivity contribution in [1.29, 1.82) is 0 Å². The Bertz CT molecular complexity index is 652. The van der Waals surface area contributed by atoms with Gasteiger partial charge in [-0.1, -0.05) is 153 Å². The zero-order valence-electron chi connectivity index (χ0n) is 23.2. The topological polar surface area (TPSA) is 0 Å². The Morgan fingerprint density at radius 2 is 0.657 bits per heavy atom. The van der Waals surface area contributed by atoms with Crippen molar-refractivity contribution < 1.29 is 0 Å². The molecule has 35 heavy (non-hydrogen) atoms. The summed E-state index contributed by atoms with van der Waals surface area (Å²) in [6.07, 6.45) is 27.7. The number of rotatable bonds is 22. The third kappa shape index (κ3) is 15.5. The molecule has 2 aromatic carbocycles. The predicted molar refractivity (Wildman–Crippen MR) is 159 cm³/mol. The van der Waals surface area contributed by atoms with Crippen LogP contribution in [-0.4, -0.2) is 0 Å². The molecule has 0 saturated carbocycles. The van der Waals surface area contributed by atoms with Crippen LogP contribution in [0.1, 0.15) is 141 Å². The van der Waals surface area contributed by atoms with E-state index in [0.29, 0.717) is 0 Å². The fraction of sp³-hybridized carbons (Fsp3) is 0.647. The van der Waals surface area contributed by atoms with E-state index in [2.05, 4.69) is 62.4 Å². The quantitative estimate of drug-likeness (QED) is 0.147. The van der Waals surface area contributed by atoms with Gasteiger partial charge < -0.3 is 0 Å². The van der Waals surface area contributed by atoms with Crippen LogP contribution >= 0.6 is 11.8 Å². The third-order valence-electron chi connectivity index (χ3n) is 7.22. The molecule has 0 aliphatic heterocycles. The number of hydrogen-bond donors (Lipinski definition) is 0. The third-order valence-corrected chi connectivity index (χ3v) is 8.24. The van der Waals surface area contributed by atoms with Crippen molar-refractivity contribution in [3.8, 4) is 0 Å². The maximum atomic E-state index is 2.34. The first-order valence-corrected chi connectivity index (χ1v) is 16.0. The van der Waals surface area contributed by atoms with Gasteiger partial charge in [0.15, 0.2) is 0 Å². The summed E-state index contributed by atoms with van der Waals surface area (Å²) >= 11 is 1.89. The number of benzene rings is 2. The van der Waals surface area contributed by atoms with Crippen LogP contribution in [-0.2, 0) is 12.8 Å². The Morgan fingerprint density at radius 3 is 0.971 bits per heavy atom. The summed E-state index contributed by atoms with van der Waals surface area (Å²) in [5.41, 5.74) is 2.99. The van der Waals surface area contributed by atoms with Gasteiger partial charge in [-0.15, -0.1) is 0 Å². The highest BCUT2D eigenvalue weighted by Gasteiger charge is 2.01. The average Bonchev–Trinajstić information content (AvgIpc) is 2.88. The van der Waals surface area contributed by atoms with E-state index in [1.54, 1.807) is 0 Å². The molecule has 0 aliphatic carbocycles. The summed E-state index contributed by atoms with van der Waals surface area (Å²) in [7, 11) is 0. The van der Waals surface area contributed by atoms with Gasteiger partial charge in [0.05, 0.1) is 0 Å². The number of hydrogen-bond acceptors (Lipinski definition) is 1. The normalized spacial score (nSPS) is 11.3. The molecule has 0 bridgehead atoms. The lowest BCUT2D eigenvalue weighted by Gasteiger charge is -2.07. The molecule has 0 spiro atoms. The minimum Gasteiger partial charge on any atom is -0.0901 e. The fourth-order valence-electron chi connectivity index (χ4n) is 4.86. The molecular formula is C34H54S. The molecule has 2 rings (SSSR count). The van der Waals surface area contributed by atoms with E-state index >= 15 is 0 Å². The van der Waals surface area contributed by atoms with Crippen molar-refractivity contribution in [2.45, 2.75) is 152 Å². The van der Waals surface area contributed by atoms with Gasteiger partial charge in [0, 0.05) is 9.79 Å². The molecule has 0 nitrogen and oxygen atoms in total. The Labute approximate surface area is 223 Å². The summed E-state index contributed by atoms with van der Waals surface area (Å²) in [5, 5.41) is 0. The minimum atomic E-state index is 1.23. The summed E-state index contributed by atoms with van der Waals surface area (Å²) in [5.74, 6) is 0. The summed E-state index contributed by atoms with van der Waals surface area (Å²) in [6.45, 7) is 4.59. The van der Waals surface area contributed by atoms with Gasteiger partial charge in [0.1, 0.15) is 0 Å². The maximum absolute atomic E-state index is 2.34. The molecule has 0 amide bonds. The smallest absolute Gasteiger partial charge is 0.0122 e. The SMILES string of the molecule is CCCCCCCCCCCc1ccc(Sc2ccc(CCCCCCCCCCC)cc2)cc1. The molecule has 0 fully saturated rings. The molecular weight excluding hydrogens is 440 g/mol. The van der Waals surface area contributed by atoms with Gasteiger partial charge in [-0.25, -0.2) is 0 Å². The van der Waals surface area contributed by atoms with Gasteiger partial charge in [-0.3, -0.25) is 0 Å². The van der Waals surface area contributed by atoms with Crippen LogP contribution in [0.5, 0.6) is 0 Å². The molecule has 0 radical (unpaired) electrons. The highest BCUT2D eigenvalue weighted by atomic mass is 32.2. The molecule has 2 aromatic rings.